The second kappa shape index (κ2) is 14.4. The minimum Gasteiger partial charge on any atom is -0.487 e. The molecular formula is C39H41N5O3S2. The molecule has 1 amide bonds. The van der Waals surface area contributed by atoms with Crippen LogP contribution in [-0.2, 0) is 24.4 Å². The number of hydrogen-bond acceptors (Lipinski definition) is 8. The van der Waals surface area contributed by atoms with Crippen LogP contribution >= 0.6 is 23.1 Å². The van der Waals surface area contributed by atoms with E-state index in [1.54, 1.807) is 19.5 Å². The quantitative estimate of drug-likeness (QED) is 0.128. The maximum absolute atomic E-state index is 13.7. The second-order valence-corrected chi connectivity index (χ2v) is 16.2. The number of nitrogens with zero attached hydrogens (tertiary/aromatic N) is 4. The van der Waals surface area contributed by atoms with Crippen molar-refractivity contribution < 1.29 is 14.3 Å². The Morgan fingerprint density at radius 1 is 0.918 bits per heavy atom. The Morgan fingerprint density at radius 3 is 2.37 bits per heavy atom. The molecule has 0 bridgehead atoms. The van der Waals surface area contributed by atoms with Crippen molar-refractivity contribution in [3.8, 4) is 22.8 Å². The number of aromatic nitrogens is 4. The zero-order valence-electron chi connectivity index (χ0n) is 28.7. The summed E-state index contributed by atoms with van der Waals surface area (Å²) in [6.07, 6.45) is 5.83. The Balaban J connectivity index is 1.41. The van der Waals surface area contributed by atoms with Gasteiger partial charge in [0.05, 0.1) is 12.8 Å². The first kappa shape index (κ1) is 34.2. The van der Waals surface area contributed by atoms with Gasteiger partial charge in [-0.05, 0) is 47.5 Å². The first-order chi connectivity index (χ1) is 23.5. The van der Waals surface area contributed by atoms with Crippen LogP contribution in [0.5, 0.6) is 11.6 Å². The molecule has 0 aliphatic rings. The van der Waals surface area contributed by atoms with Crippen LogP contribution in [0, 0.1) is 5.41 Å². The topological polar surface area (TPSA) is 91.2 Å². The summed E-state index contributed by atoms with van der Waals surface area (Å²) >= 11 is 3.24. The lowest BCUT2D eigenvalue weighted by atomic mass is 9.86. The number of pyridine rings is 2. The van der Waals surface area contributed by atoms with Crippen LogP contribution in [0.15, 0.2) is 102 Å². The molecule has 4 aromatic heterocycles. The molecule has 0 atom stereocenters. The van der Waals surface area contributed by atoms with Gasteiger partial charge in [-0.15, -0.1) is 23.1 Å². The normalized spacial score (nSPS) is 11.9. The molecule has 6 aromatic rings. The first-order valence-electron chi connectivity index (χ1n) is 16.2. The van der Waals surface area contributed by atoms with Crippen LogP contribution in [0.3, 0.4) is 0 Å². The minimum atomic E-state index is -0.728. The summed E-state index contributed by atoms with van der Waals surface area (Å²) in [6, 6.07) is 24.6. The van der Waals surface area contributed by atoms with E-state index in [0.717, 1.165) is 49.6 Å². The summed E-state index contributed by atoms with van der Waals surface area (Å²) in [4.78, 5) is 27.9. The summed E-state index contributed by atoms with van der Waals surface area (Å²) in [6.45, 7) is 11.7. The number of thiazole rings is 1. The summed E-state index contributed by atoms with van der Waals surface area (Å²) in [7, 11) is 1.62. The lowest BCUT2D eigenvalue weighted by Crippen LogP contribution is -2.33. The molecule has 8 nitrogen and oxygen atoms in total. The highest BCUT2D eigenvalue weighted by molar-refractivity contribution is 8.00. The molecule has 1 N–H and O–H groups in total. The minimum absolute atomic E-state index is 0.0668. The Kier molecular flexibility index (Phi) is 10.1. The molecule has 0 aliphatic carbocycles. The average molecular weight is 692 g/mol. The van der Waals surface area contributed by atoms with Crippen molar-refractivity contribution in [2.75, 3.05) is 12.4 Å². The molecule has 6 rings (SSSR count). The van der Waals surface area contributed by atoms with Gasteiger partial charge in [-0.1, -0.05) is 65.0 Å². The summed E-state index contributed by atoms with van der Waals surface area (Å²) in [5, 5.41) is 6.60. The number of carbonyl (C=O) groups excluding carboxylic acids is 1. The van der Waals surface area contributed by atoms with E-state index in [-0.39, 0.29) is 10.7 Å². The van der Waals surface area contributed by atoms with Crippen molar-refractivity contribution in [1.82, 2.24) is 19.5 Å². The third kappa shape index (κ3) is 8.32. The van der Waals surface area contributed by atoms with Crippen LogP contribution in [-0.4, -0.2) is 37.3 Å². The Labute approximate surface area is 296 Å². The van der Waals surface area contributed by atoms with Crippen molar-refractivity contribution in [3.05, 3.63) is 114 Å². The predicted octanol–water partition coefficient (Wildman–Crippen LogP) is 9.29. The molecular weight excluding hydrogens is 651 g/mol. The molecule has 0 saturated heterocycles. The van der Waals surface area contributed by atoms with Gasteiger partial charge in [-0.3, -0.25) is 9.78 Å². The fraction of sp³-hybridized carbons (Fsp3) is 0.282. The second-order valence-electron chi connectivity index (χ2n) is 13.5. The van der Waals surface area contributed by atoms with Crippen molar-refractivity contribution in [2.24, 2.45) is 5.41 Å². The predicted molar refractivity (Wildman–Crippen MR) is 200 cm³/mol. The number of amides is 1. The smallest absolute Gasteiger partial charge is 0.232 e. The van der Waals surface area contributed by atoms with Gasteiger partial charge in [-0.2, -0.15) is 0 Å². The number of carbonyl (C=O) groups is 1. The fourth-order valence-corrected chi connectivity index (χ4v) is 7.28. The third-order valence-electron chi connectivity index (χ3n) is 8.06. The summed E-state index contributed by atoms with van der Waals surface area (Å²) in [5.41, 5.74) is 5.59. The maximum Gasteiger partial charge on any atom is 0.232 e. The number of rotatable bonds is 12. The molecule has 0 unspecified atom stereocenters. The van der Waals surface area contributed by atoms with E-state index in [1.165, 1.54) is 11.3 Å². The van der Waals surface area contributed by atoms with Crippen LogP contribution in [0.25, 0.3) is 22.0 Å². The van der Waals surface area contributed by atoms with Gasteiger partial charge >= 0.3 is 0 Å². The lowest BCUT2D eigenvalue weighted by molar-refractivity contribution is -0.124. The number of thioether (sulfide) groups is 1. The van der Waals surface area contributed by atoms with E-state index in [9.17, 15) is 4.79 Å². The fourth-order valence-electron chi connectivity index (χ4n) is 5.57. The molecule has 0 aliphatic heterocycles. The van der Waals surface area contributed by atoms with E-state index in [0.29, 0.717) is 30.6 Å². The van der Waals surface area contributed by atoms with E-state index >= 15 is 0 Å². The largest absolute Gasteiger partial charge is 0.487 e. The number of anilines is 1. The van der Waals surface area contributed by atoms with Crippen LogP contribution < -0.4 is 14.8 Å². The summed E-state index contributed by atoms with van der Waals surface area (Å²) < 4.78 is 13.8. The molecule has 0 radical (unpaired) electrons. The average Bonchev–Trinajstić information content (AvgIpc) is 3.70. The highest BCUT2D eigenvalue weighted by Gasteiger charge is 2.33. The van der Waals surface area contributed by atoms with Crippen LogP contribution in [0.1, 0.15) is 51.6 Å². The Hall–Kier alpha value is -4.67. The van der Waals surface area contributed by atoms with E-state index in [2.05, 4.69) is 82.0 Å². The molecule has 0 spiro atoms. The van der Waals surface area contributed by atoms with Gasteiger partial charge in [0.15, 0.2) is 5.13 Å². The standard InChI is InChI=1S/C39H41N5O3S2/c1-38(2,3)49-35-31-21-30(47-25-29-9-7-8-18-40-29)15-16-32(31)44(33(35)22-39(4,5)36(45)43-37-41-19-20-48-37)24-26-10-12-27(13-11-26)28-14-17-34(46-6)42-23-28/h7-21,23H,22,24-25H2,1-6H3,(H,41,43,45). The van der Waals surface area contributed by atoms with Gasteiger partial charge in [0.1, 0.15) is 12.4 Å². The van der Waals surface area contributed by atoms with E-state index in [4.69, 9.17) is 9.47 Å². The van der Waals surface area contributed by atoms with E-state index < -0.39 is 5.41 Å². The maximum atomic E-state index is 13.7. The van der Waals surface area contributed by atoms with Gasteiger partial charge in [-0.25, -0.2) is 9.97 Å². The molecule has 10 heteroatoms. The van der Waals surface area contributed by atoms with Crippen LogP contribution in [0.2, 0.25) is 0 Å². The van der Waals surface area contributed by atoms with E-state index in [1.807, 2.05) is 73.6 Å². The highest BCUT2D eigenvalue weighted by Crippen LogP contribution is 2.44. The zero-order chi connectivity index (χ0) is 34.6. The monoisotopic (exact) mass is 691 g/mol. The van der Waals surface area contributed by atoms with Crippen molar-refractivity contribution >= 4 is 45.0 Å². The van der Waals surface area contributed by atoms with Crippen LogP contribution in [0.4, 0.5) is 5.13 Å². The number of ether oxygens (including phenoxy) is 2. The third-order valence-corrected chi connectivity index (χ3v) is 10.0. The number of methoxy groups -OCH3 is 1. The Bertz CT molecular complexity index is 2020. The highest BCUT2D eigenvalue weighted by atomic mass is 32.2. The molecule has 252 valence electrons. The molecule has 4 heterocycles. The molecule has 0 fully saturated rings. The van der Waals surface area contributed by atoms with Gasteiger partial charge in [0.25, 0.3) is 0 Å². The number of fused-ring (bicyclic) bond motifs is 1. The molecule has 2 aromatic carbocycles. The van der Waals surface area contributed by atoms with Crippen molar-refractivity contribution in [2.45, 2.75) is 63.8 Å². The SMILES string of the molecule is COc1ccc(-c2ccc(Cn3c(CC(C)(C)C(=O)Nc4nccs4)c(SC(C)(C)C)c4cc(OCc5ccccn5)ccc43)cc2)cn1. The molecule has 0 saturated carbocycles. The number of hydrogen-bond donors (Lipinski definition) is 1. The zero-order valence-corrected chi connectivity index (χ0v) is 30.3. The van der Waals surface area contributed by atoms with Gasteiger partial charge < -0.3 is 19.4 Å². The Morgan fingerprint density at radius 2 is 1.71 bits per heavy atom. The number of benzene rings is 2. The van der Waals surface area contributed by atoms with Gasteiger partial charge in [0.2, 0.25) is 11.8 Å². The lowest BCUT2D eigenvalue weighted by Gasteiger charge is -2.26. The van der Waals surface area contributed by atoms with Crippen molar-refractivity contribution in [3.63, 3.8) is 0 Å². The first-order valence-corrected chi connectivity index (χ1v) is 17.9. The van der Waals surface area contributed by atoms with Gasteiger partial charge in [0, 0.05) is 80.2 Å². The van der Waals surface area contributed by atoms with Crippen molar-refractivity contribution in [1.29, 1.82) is 0 Å². The molecule has 49 heavy (non-hydrogen) atoms. The summed E-state index contributed by atoms with van der Waals surface area (Å²) in [5.74, 6) is 1.29. The number of nitrogens with one attached hydrogen (secondary N) is 1.